The Labute approximate surface area is 165 Å². The summed E-state index contributed by atoms with van der Waals surface area (Å²) < 4.78 is 10.9. The number of methoxy groups -OCH3 is 1. The average molecular weight is 376 g/mol. The predicted molar refractivity (Wildman–Crippen MR) is 111 cm³/mol. The van der Waals surface area contributed by atoms with E-state index in [-0.39, 0.29) is 11.9 Å². The van der Waals surface area contributed by atoms with E-state index in [4.69, 9.17) is 9.47 Å². The lowest BCUT2D eigenvalue weighted by atomic mass is 10.2. The fraction of sp³-hybridized carbons (Fsp3) is 0.174. The van der Waals surface area contributed by atoms with Crippen molar-refractivity contribution in [2.45, 2.75) is 19.5 Å². The van der Waals surface area contributed by atoms with Crippen LogP contribution >= 0.6 is 0 Å². The molecule has 5 nitrogen and oxygen atoms in total. The summed E-state index contributed by atoms with van der Waals surface area (Å²) >= 11 is 0. The molecule has 5 heteroatoms. The lowest BCUT2D eigenvalue weighted by Gasteiger charge is -2.16. The van der Waals surface area contributed by atoms with E-state index in [1.807, 2.05) is 85.8 Å². The molecule has 3 rings (SSSR count). The highest BCUT2D eigenvalue weighted by molar-refractivity contribution is 5.84. The van der Waals surface area contributed by atoms with Gasteiger partial charge in [-0.05, 0) is 61.0 Å². The van der Waals surface area contributed by atoms with Gasteiger partial charge in [0.15, 0.2) is 0 Å². The van der Waals surface area contributed by atoms with E-state index < -0.39 is 0 Å². The standard InChI is InChI=1S/C23H24N2O3/c1-17(23(26)24-16-18-8-12-20(27-2)13-9-18)25-19-10-14-22(15-11-19)28-21-6-4-3-5-7-21/h3-15,17,25H,16H2,1-2H3,(H,24,26)/t17-/m0/s1. The van der Waals surface area contributed by atoms with Crippen LogP contribution in [0.5, 0.6) is 17.2 Å². The molecule has 0 bridgehead atoms. The maximum atomic E-state index is 12.3. The molecule has 0 heterocycles. The van der Waals surface area contributed by atoms with Gasteiger partial charge in [-0.15, -0.1) is 0 Å². The second kappa shape index (κ2) is 9.46. The molecule has 144 valence electrons. The second-order valence-electron chi connectivity index (χ2n) is 6.37. The van der Waals surface area contributed by atoms with Gasteiger partial charge in [-0.2, -0.15) is 0 Å². The largest absolute Gasteiger partial charge is 0.497 e. The lowest BCUT2D eigenvalue weighted by Crippen LogP contribution is -2.37. The van der Waals surface area contributed by atoms with Crippen molar-refractivity contribution in [2.24, 2.45) is 0 Å². The van der Waals surface area contributed by atoms with E-state index in [9.17, 15) is 4.79 Å². The van der Waals surface area contributed by atoms with E-state index in [1.165, 1.54) is 0 Å². The van der Waals surface area contributed by atoms with Crippen LogP contribution in [-0.4, -0.2) is 19.1 Å². The van der Waals surface area contributed by atoms with Gasteiger partial charge in [0.25, 0.3) is 0 Å². The molecular weight excluding hydrogens is 352 g/mol. The van der Waals surface area contributed by atoms with Crippen LogP contribution in [0.25, 0.3) is 0 Å². The Morgan fingerprint density at radius 2 is 1.46 bits per heavy atom. The number of anilines is 1. The molecule has 0 aliphatic carbocycles. The topological polar surface area (TPSA) is 59.6 Å². The van der Waals surface area contributed by atoms with Crippen LogP contribution in [0.4, 0.5) is 5.69 Å². The van der Waals surface area contributed by atoms with E-state index in [1.54, 1.807) is 7.11 Å². The summed E-state index contributed by atoms with van der Waals surface area (Å²) in [5.74, 6) is 2.26. The minimum atomic E-state index is -0.362. The number of benzene rings is 3. The lowest BCUT2D eigenvalue weighted by molar-refractivity contribution is -0.121. The van der Waals surface area contributed by atoms with Gasteiger partial charge >= 0.3 is 0 Å². The van der Waals surface area contributed by atoms with Crippen LogP contribution in [0.3, 0.4) is 0 Å². The molecule has 0 aliphatic heterocycles. The molecule has 3 aromatic rings. The maximum absolute atomic E-state index is 12.3. The first-order valence-electron chi connectivity index (χ1n) is 9.14. The molecule has 1 atom stereocenters. The summed E-state index contributed by atoms with van der Waals surface area (Å²) in [5, 5.41) is 6.13. The number of carbonyl (C=O) groups excluding carboxylic acids is 1. The van der Waals surface area contributed by atoms with E-state index in [0.717, 1.165) is 28.5 Å². The fourth-order valence-electron chi connectivity index (χ4n) is 2.65. The molecule has 3 aromatic carbocycles. The van der Waals surface area contributed by atoms with Gasteiger partial charge in [0.1, 0.15) is 23.3 Å². The van der Waals surface area contributed by atoms with Gasteiger partial charge < -0.3 is 20.1 Å². The zero-order valence-electron chi connectivity index (χ0n) is 16.0. The molecule has 0 unspecified atom stereocenters. The number of hydrogen-bond acceptors (Lipinski definition) is 4. The third-order valence-electron chi connectivity index (χ3n) is 4.24. The molecule has 0 saturated carbocycles. The zero-order valence-corrected chi connectivity index (χ0v) is 16.0. The average Bonchev–Trinajstić information content (AvgIpc) is 2.74. The van der Waals surface area contributed by atoms with Gasteiger partial charge in [-0.3, -0.25) is 4.79 Å². The number of rotatable bonds is 8. The highest BCUT2D eigenvalue weighted by atomic mass is 16.5. The van der Waals surface area contributed by atoms with Crippen molar-refractivity contribution in [1.82, 2.24) is 5.32 Å². The quantitative estimate of drug-likeness (QED) is 0.603. The molecule has 0 spiro atoms. The van der Waals surface area contributed by atoms with Crippen molar-refractivity contribution in [3.63, 3.8) is 0 Å². The summed E-state index contributed by atoms with van der Waals surface area (Å²) in [6.45, 7) is 2.30. The summed E-state index contributed by atoms with van der Waals surface area (Å²) in [6.07, 6.45) is 0. The van der Waals surface area contributed by atoms with Crippen molar-refractivity contribution in [2.75, 3.05) is 12.4 Å². The van der Waals surface area contributed by atoms with Crippen LogP contribution in [0.1, 0.15) is 12.5 Å². The van der Waals surface area contributed by atoms with Crippen molar-refractivity contribution < 1.29 is 14.3 Å². The molecular formula is C23H24N2O3. The van der Waals surface area contributed by atoms with Crippen molar-refractivity contribution in [3.05, 3.63) is 84.4 Å². The van der Waals surface area contributed by atoms with E-state index >= 15 is 0 Å². The number of carbonyl (C=O) groups is 1. The molecule has 0 fully saturated rings. The summed E-state index contributed by atoms with van der Waals surface area (Å²) in [4.78, 5) is 12.3. The van der Waals surface area contributed by atoms with Crippen molar-refractivity contribution >= 4 is 11.6 Å². The van der Waals surface area contributed by atoms with Crippen LogP contribution in [0.15, 0.2) is 78.9 Å². The molecule has 0 aliphatic rings. The summed E-state index contributed by atoms with van der Waals surface area (Å²) in [6, 6.07) is 24.4. The van der Waals surface area contributed by atoms with Crippen molar-refractivity contribution in [1.29, 1.82) is 0 Å². The predicted octanol–water partition coefficient (Wildman–Crippen LogP) is 4.60. The Balaban J connectivity index is 1.49. The second-order valence-corrected chi connectivity index (χ2v) is 6.37. The van der Waals surface area contributed by atoms with Gasteiger partial charge in [-0.1, -0.05) is 30.3 Å². The molecule has 0 radical (unpaired) electrons. The highest BCUT2D eigenvalue weighted by Gasteiger charge is 2.12. The Morgan fingerprint density at radius 3 is 2.11 bits per heavy atom. The minimum absolute atomic E-state index is 0.0690. The highest BCUT2D eigenvalue weighted by Crippen LogP contribution is 2.22. The minimum Gasteiger partial charge on any atom is -0.497 e. The third-order valence-corrected chi connectivity index (χ3v) is 4.24. The number of hydrogen-bond donors (Lipinski definition) is 2. The molecule has 0 saturated heterocycles. The number of para-hydroxylation sites is 1. The number of nitrogens with one attached hydrogen (secondary N) is 2. The summed E-state index contributed by atoms with van der Waals surface area (Å²) in [7, 11) is 1.63. The Hall–Kier alpha value is -3.47. The molecule has 28 heavy (non-hydrogen) atoms. The Bertz CT molecular complexity index is 878. The molecule has 0 aromatic heterocycles. The van der Waals surface area contributed by atoms with E-state index in [2.05, 4.69) is 10.6 Å². The van der Waals surface area contributed by atoms with Gasteiger partial charge in [0.2, 0.25) is 5.91 Å². The van der Waals surface area contributed by atoms with Gasteiger partial charge in [0, 0.05) is 12.2 Å². The maximum Gasteiger partial charge on any atom is 0.242 e. The van der Waals surface area contributed by atoms with E-state index in [0.29, 0.717) is 6.54 Å². The van der Waals surface area contributed by atoms with Crippen LogP contribution in [-0.2, 0) is 11.3 Å². The van der Waals surface area contributed by atoms with Crippen LogP contribution < -0.4 is 20.1 Å². The first-order chi connectivity index (χ1) is 13.6. The Kier molecular flexibility index (Phi) is 6.52. The number of ether oxygens (including phenoxy) is 2. The Morgan fingerprint density at radius 1 is 0.857 bits per heavy atom. The fourth-order valence-corrected chi connectivity index (χ4v) is 2.65. The third kappa shape index (κ3) is 5.51. The van der Waals surface area contributed by atoms with Gasteiger partial charge in [-0.25, -0.2) is 0 Å². The van der Waals surface area contributed by atoms with Crippen molar-refractivity contribution in [3.8, 4) is 17.2 Å². The smallest absolute Gasteiger partial charge is 0.242 e. The van der Waals surface area contributed by atoms with Gasteiger partial charge in [0.05, 0.1) is 7.11 Å². The molecule has 1 amide bonds. The first-order valence-corrected chi connectivity index (χ1v) is 9.14. The zero-order chi connectivity index (χ0) is 19.8. The van der Waals surface area contributed by atoms with Crippen LogP contribution in [0.2, 0.25) is 0 Å². The molecule has 2 N–H and O–H groups in total. The SMILES string of the molecule is COc1ccc(CNC(=O)[C@H](C)Nc2ccc(Oc3ccccc3)cc2)cc1. The monoisotopic (exact) mass is 376 g/mol. The van der Waals surface area contributed by atoms with Crippen LogP contribution in [0, 0.1) is 0 Å². The first kappa shape index (κ1) is 19.3. The number of amides is 1. The summed E-state index contributed by atoms with van der Waals surface area (Å²) in [5.41, 5.74) is 1.87. The normalized spacial score (nSPS) is 11.4.